The highest BCUT2D eigenvalue weighted by Crippen LogP contribution is 2.24. The number of nitrogens with zero attached hydrogens (tertiary/aromatic N) is 1. The number of aliphatic hydroxyl groups is 1. The van der Waals surface area contributed by atoms with Crippen LogP contribution in [0.2, 0.25) is 5.02 Å². The minimum absolute atomic E-state index is 0.217. The summed E-state index contributed by atoms with van der Waals surface area (Å²) in [6.45, 7) is 1.30. The predicted octanol–water partition coefficient (Wildman–Crippen LogP) is 2.24. The van der Waals surface area contributed by atoms with Gasteiger partial charge >= 0.3 is 0 Å². The van der Waals surface area contributed by atoms with E-state index in [0.717, 1.165) is 0 Å². The van der Waals surface area contributed by atoms with Crippen LogP contribution in [0.4, 0.5) is 0 Å². The van der Waals surface area contributed by atoms with Gasteiger partial charge in [0.15, 0.2) is 0 Å². The van der Waals surface area contributed by atoms with E-state index in [9.17, 15) is 9.90 Å². The summed E-state index contributed by atoms with van der Waals surface area (Å²) in [5.41, 5.74) is -0.481. The number of hydrogen-bond donors (Lipinski definition) is 2. The highest BCUT2D eigenvalue weighted by atomic mass is 35.5. The lowest BCUT2D eigenvalue weighted by Crippen LogP contribution is -2.47. The zero-order valence-corrected chi connectivity index (χ0v) is 13.0. The topological polar surface area (TPSA) is 49.8 Å². The van der Waals surface area contributed by atoms with Crippen molar-refractivity contribution in [2.24, 2.45) is 0 Å². The van der Waals surface area contributed by atoms with Gasteiger partial charge in [0.25, 0.3) is 5.91 Å². The fourth-order valence-electron chi connectivity index (χ4n) is 2.31. The van der Waals surface area contributed by atoms with Crippen LogP contribution in [0.1, 0.15) is 23.2 Å². The van der Waals surface area contributed by atoms with Crippen molar-refractivity contribution in [3.05, 3.63) is 28.8 Å². The monoisotopic (exact) mass is 315 g/mol. The highest BCUT2D eigenvalue weighted by molar-refractivity contribution is 7.80. The van der Waals surface area contributed by atoms with Gasteiger partial charge in [0, 0.05) is 44.5 Å². The molecule has 1 fully saturated rings. The van der Waals surface area contributed by atoms with E-state index in [1.807, 2.05) is 0 Å². The number of hydrogen-bond acceptors (Lipinski definition) is 4. The average Bonchev–Trinajstić information content (AvgIpc) is 2.41. The van der Waals surface area contributed by atoms with Crippen molar-refractivity contribution in [1.29, 1.82) is 0 Å². The van der Waals surface area contributed by atoms with Gasteiger partial charge in [-0.05, 0) is 18.2 Å². The minimum Gasteiger partial charge on any atom is -0.388 e. The number of thiol groups is 1. The molecule has 0 aromatic heterocycles. The molecular weight excluding hydrogens is 298 g/mol. The second-order valence-electron chi connectivity index (χ2n) is 5.16. The lowest BCUT2D eigenvalue weighted by Gasteiger charge is -2.35. The van der Waals surface area contributed by atoms with Gasteiger partial charge in [-0.3, -0.25) is 4.79 Å². The van der Waals surface area contributed by atoms with Crippen molar-refractivity contribution in [3.63, 3.8) is 0 Å². The molecule has 110 valence electrons. The molecule has 0 unspecified atom stereocenters. The lowest BCUT2D eigenvalue weighted by molar-refractivity contribution is -0.0734. The first-order chi connectivity index (χ1) is 9.41. The van der Waals surface area contributed by atoms with Gasteiger partial charge in [-0.1, -0.05) is 11.6 Å². The van der Waals surface area contributed by atoms with Crippen molar-refractivity contribution < 1.29 is 14.6 Å². The fourth-order valence-corrected chi connectivity index (χ4v) is 2.71. The Hall–Kier alpha value is -0.750. The van der Waals surface area contributed by atoms with Crippen LogP contribution in [0, 0.1) is 0 Å². The highest BCUT2D eigenvalue weighted by Gasteiger charge is 2.32. The number of likely N-dealkylation sites (N-methyl/N-ethyl adjacent to an activating group) is 1. The van der Waals surface area contributed by atoms with Gasteiger partial charge in [-0.15, -0.1) is 12.6 Å². The Kier molecular flexibility index (Phi) is 4.96. The molecule has 20 heavy (non-hydrogen) atoms. The number of benzene rings is 1. The van der Waals surface area contributed by atoms with Crippen molar-refractivity contribution in [3.8, 4) is 0 Å². The fraction of sp³-hybridized carbons (Fsp3) is 0.500. The van der Waals surface area contributed by atoms with E-state index < -0.39 is 5.60 Å². The molecular formula is C14H18ClNO3S. The van der Waals surface area contributed by atoms with Crippen LogP contribution in [0.3, 0.4) is 0 Å². The molecule has 0 bridgehead atoms. The molecule has 2 rings (SSSR count). The zero-order chi connectivity index (χ0) is 14.8. The van der Waals surface area contributed by atoms with E-state index in [0.29, 0.717) is 41.5 Å². The Morgan fingerprint density at radius 3 is 2.80 bits per heavy atom. The van der Waals surface area contributed by atoms with Gasteiger partial charge in [0.1, 0.15) is 0 Å². The lowest BCUT2D eigenvalue weighted by atomic mass is 9.93. The van der Waals surface area contributed by atoms with E-state index in [-0.39, 0.29) is 12.5 Å². The van der Waals surface area contributed by atoms with Crippen molar-refractivity contribution in [2.45, 2.75) is 23.3 Å². The molecule has 1 aliphatic heterocycles. The number of rotatable bonds is 3. The van der Waals surface area contributed by atoms with E-state index in [1.54, 1.807) is 25.2 Å². The first kappa shape index (κ1) is 15.6. The molecule has 1 heterocycles. The van der Waals surface area contributed by atoms with E-state index >= 15 is 0 Å². The van der Waals surface area contributed by atoms with Crippen LogP contribution in [-0.4, -0.2) is 48.3 Å². The molecule has 0 saturated carbocycles. The number of ether oxygens (including phenoxy) is 1. The summed E-state index contributed by atoms with van der Waals surface area (Å²) in [6, 6.07) is 5.01. The average molecular weight is 316 g/mol. The van der Waals surface area contributed by atoms with Gasteiger partial charge < -0.3 is 14.7 Å². The van der Waals surface area contributed by atoms with Crippen molar-refractivity contribution >= 4 is 30.1 Å². The van der Waals surface area contributed by atoms with Gasteiger partial charge in [-0.2, -0.15) is 0 Å². The molecule has 1 amide bonds. The van der Waals surface area contributed by atoms with E-state index in [1.165, 1.54) is 4.90 Å². The van der Waals surface area contributed by atoms with Crippen LogP contribution in [0.15, 0.2) is 23.1 Å². The van der Waals surface area contributed by atoms with Crippen LogP contribution in [0.25, 0.3) is 0 Å². The number of halogens is 1. The molecule has 6 heteroatoms. The maximum atomic E-state index is 12.4. The number of carbonyl (C=O) groups is 1. The second kappa shape index (κ2) is 6.35. The van der Waals surface area contributed by atoms with Crippen LogP contribution in [-0.2, 0) is 4.74 Å². The Bertz CT molecular complexity index is 503. The van der Waals surface area contributed by atoms with Gasteiger partial charge in [-0.25, -0.2) is 0 Å². The molecule has 0 atom stereocenters. The Labute approximate surface area is 129 Å². The van der Waals surface area contributed by atoms with Gasteiger partial charge in [0.05, 0.1) is 16.2 Å². The predicted molar refractivity (Wildman–Crippen MR) is 80.7 cm³/mol. The molecule has 0 spiro atoms. The maximum Gasteiger partial charge on any atom is 0.255 e. The second-order valence-corrected chi connectivity index (χ2v) is 6.09. The molecule has 4 nitrogen and oxygen atoms in total. The Morgan fingerprint density at radius 2 is 2.15 bits per heavy atom. The van der Waals surface area contributed by atoms with E-state index in [2.05, 4.69) is 12.6 Å². The largest absolute Gasteiger partial charge is 0.388 e. The normalized spacial score (nSPS) is 17.8. The summed E-state index contributed by atoms with van der Waals surface area (Å²) < 4.78 is 5.23. The van der Waals surface area contributed by atoms with Crippen molar-refractivity contribution in [1.82, 2.24) is 4.90 Å². The smallest absolute Gasteiger partial charge is 0.255 e. The third kappa shape index (κ3) is 3.67. The molecule has 1 aromatic rings. The first-order valence-electron chi connectivity index (χ1n) is 6.45. The molecule has 1 N–H and O–H groups in total. The molecule has 0 radical (unpaired) electrons. The van der Waals surface area contributed by atoms with Crippen LogP contribution >= 0.6 is 24.2 Å². The third-order valence-electron chi connectivity index (χ3n) is 3.48. The number of amides is 1. The summed E-state index contributed by atoms with van der Waals surface area (Å²) in [5.74, 6) is -0.217. The maximum absolute atomic E-state index is 12.4. The third-order valence-corrected chi connectivity index (χ3v) is 4.09. The molecule has 0 aliphatic carbocycles. The summed E-state index contributed by atoms with van der Waals surface area (Å²) in [6.07, 6.45) is 1.07. The summed E-state index contributed by atoms with van der Waals surface area (Å²) in [4.78, 5) is 14.6. The van der Waals surface area contributed by atoms with Crippen LogP contribution in [0.5, 0.6) is 0 Å². The minimum atomic E-state index is -0.881. The molecule has 1 aromatic carbocycles. The summed E-state index contributed by atoms with van der Waals surface area (Å²) >= 11 is 10.3. The number of carbonyl (C=O) groups excluding carboxylic acids is 1. The first-order valence-corrected chi connectivity index (χ1v) is 7.28. The standard InChI is InChI=1S/C14H18ClNO3S/c1-16(9-14(18)4-6-19-7-5-14)13(17)11-8-10(20)2-3-12(11)15/h2-3,8,18,20H,4-7,9H2,1H3. The molecule has 1 saturated heterocycles. The SMILES string of the molecule is CN(CC1(O)CCOCC1)C(=O)c1cc(S)ccc1Cl. The zero-order valence-electron chi connectivity index (χ0n) is 11.3. The van der Waals surface area contributed by atoms with E-state index in [4.69, 9.17) is 16.3 Å². The van der Waals surface area contributed by atoms with Crippen LogP contribution < -0.4 is 0 Å². The molecule has 1 aliphatic rings. The quantitative estimate of drug-likeness (QED) is 0.841. The van der Waals surface area contributed by atoms with Crippen molar-refractivity contribution in [2.75, 3.05) is 26.8 Å². The summed E-state index contributed by atoms with van der Waals surface area (Å²) in [5, 5.41) is 10.8. The van der Waals surface area contributed by atoms with Gasteiger partial charge in [0.2, 0.25) is 0 Å². The summed E-state index contributed by atoms with van der Waals surface area (Å²) in [7, 11) is 1.66. The Balaban J connectivity index is 2.10. The Morgan fingerprint density at radius 1 is 1.50 bits per heavy atom.